The maximum Gasteiger partial charge on any atom is 0.271 e. The highest BCUT2D eigenvalue weighted by atomic mass is 19.1. The van der Waals surface area contributed by atoms with Crippen molar-refractivity contribution in [2.24, 2.45) is 5.73 Å². The summed E-state index contributed by atoms with van der Waals surface area (Å²) in [6.07, 6.45) is 3.12. The number of morpholine rings is 1. The van der Waals surface area contributed by atoms with Gasteiger partial charge in [-0.2, -0.15) is 0 Å². The molecule has 5 rings (SSSR count). The molecule has 1 atom stereocenters. The molecule has 0 radical (unpaired) electrons. The van der Waals surface area contributed by atoms with Crippen LogP contribution in [0.5, 0.6) is 5.75 Å². The summed E-state index contributed by atoms with van der Waals surface area (Å²) in [6, 6.07) is 11.6. The maximum absolute atomic E-state index is 15.0. The van der Waals surface area contributed by atoms with Gasteiger partial charge in [0.05, 0.1) is 32.2 Å². The number of nitrogens with zero attached hydrogens (tertiary/aromatic N) is 4. The lowest BCUT2D eigenvalue weighted by Crippen LogP contribution is -2.48. The van der Waals surface area contributed by atoms with Crippen molar-refractivity contribution in [3.8, 4) is 5.75 Å². The van der Waals surface area contributed by atoms with Crippen molar-refractivity contribution in [1.82, 2.24) is 15.3 Å². The monoisotopic (exact) mass is 549 g/mol. The molecule has 2 fully saturated rings. The van der Waals surface area contributed by atoms with E-state index in [2.05, 4.69) is 20.6 Å². The molecule has 40 heavy (non-hydrogen) atoms. The molecule has 11 nitrogen and oxygen atoms in total. The van der Waals surface area contributed by atoms with E-state index >= 15 is 0 Å². The molecule has 2 aliphatic rings. The van der Waals surface area contributed by atoms with Crippen LogP contribution in [0.3, 0.4) is 0 Å². The number of benzene rings is 2. The average molecular weight is 550 g/mol. The van der Waals surface area contributed by atoms with Gasteiger partial charge < -0.3 is 35.6 Å². The zero-order valence-corrected chi connectivity index (χ0v) is 22.2. The van der Waals surface area contributed by atoms with Crippen LogP contribution in [0.4, 0.5) is 27.4 Å². The quantitative estimate of drug-likeness (QED) is 0.388. The van der Waals surface area contributed by atoms with Gasteiger partial charge in [-0.25, -0.2) is 14.4 Å². The first-order valence-corrected chi connectivity index (χ1v) is 13.2. The summed E-state index contributed by atoms with van der Waals surface area (Å²) in [5.41, 5.74) is 6.94. The number of halogens is 1. The highest BCUT2D eigenvalue weighted by Gasteiger charge is 2.25. The fraction of sp³-hybridized carbons (Fsp3) is 0.357. The molecule has 3 heterocycles. The molecule has 2 saturated heterocycles. The Morgan fingerprint density at radius 2 is 1.88 bits per heavy atom. The van der Waals surface area contributed by atoms with Crippen LogP contribution in [0.1, 0.15) is 33.7 Å². The molecule has 2 amide bonds. The van der Waals surface area contributed by atoms with Gasteiger partial charge in [0.25, 0.3) is 11.8 Å². The van der Waals surface area contributed by atoms with E-state index in [9.17, 15) is 14.0 Å². The highest BCUT2D eigenvalue weighted by Crippen LogP contribution is 2.27. The number of nitrogens with two attached hydrogens (primary N) is 1. The topological polar surface area (TPSA) is 135 Å². The van der Waals surface area contributed by atoms with E-state index in [1.165, 1.54) is 12.3 Å². The zero-order valence-electron chi connectivity index (χ0n) is 22.2. The number of methoxy groups -OCH3 is 1. The molecule has 4 N–H and O–H groups in total. The summed E-state index contributed by atoms with van der Waals surface area (Å²) in [5, 5.41) is 6.10. The van der Waals surface area contributed by atoms with Gasteiger partial charge in [-0.15, -0.1) is 0 Å². The van der Waals surface area contributed by atoms with Crippen LogP contribution in [0.2, 0.25) is 0 Å². The van der Waals surface area contributed by atoms with Gasteiger partial charge in [0.15, 0.2) is 11.5 Å². The summed E-state index contributed by atoms with van der Waals surface area (Å²) in [7, 11) is 1.58. The summed E-state index contributed by atoms with van der Waals surface area (Å²) < 4.78 is 25.5. The minimum absolute atomic E-state index is 0.0530. The van der Waals surface area contributed by atoms with Gasteiger partial charge in [-0.05, 0) is 55.3 Å². The Hall–Kier alpha value is -4.45. The van der Waals surface area contributed by atoms with Crippen molar-refractivity contribution < 1.29 is 23.5 Å². The number of hydrogen-bond donors (Lipinski definition) is 3. The van der Waals surface area contributed by atoms with Gasteiger partial charge >= 0.3 is 0 Å². The van der Waals surface area contributed by atoms with Gasteiger partial charge in [0.1, 0.15) is 17.4 Å². The van der Waals surface area contributed by atoms with Crippen molar-refractivity contribution in [3.63, 3.8) is 0 Å². The minimum atomic E-state index is -0.754. The van der Waals surface area contributed by atoms with Crippen LogP contribution in [0, 0.1) is 5.82 Å². The largest absolute Gasteiger partial charge is 0.497 e. The molecule has 0 spiro atoms. The lowest BCUT2D eigenvalue weighted by molar-refractivity contribution is 0.0931. The molecule has 2 aromatic carbocycles. The Balaban J connectivity index is 1.30. The maximum atomic E-state index is 15.0. The van der Waals surface area contributed by atoms with E-state index < -0.39 is 11.7 Å². The third-order valence-corrected chi connectivity index (χ3v) is 6.99. The van der Waals surface area contributed by atoms with Crippen molar-refractivity contribution in [2.75, 3.05) is 61.6 Å². The molecule has 1 aromatic heterocycles. The first-order chi connectivity index (χ1) is 19.4. The standard InChI is InChI=1S/C28H32FN7O4/c1-39-21-7-4-18(5-8-21)28(38)33-20-3-2-10-36(17-20)24-16-31-25(26(30)37)27(34-24)32-19-6-9-23(22(29)15-19)35-11-13-40-14-12-35/h4-9,15-16,20H,2-3,10-14,17H2,1H3,(H2,30,37)(H,32,34)(H,33,38). The Bertz CT molecular complexity index is 1370. The number of ether oxygens (including phenoxy) is 2. The number of carbonyl (C=O) groups excluding carboxylic acids is 2. The molecule has 0 saturated carbocycles. The van der Waals surface area contributed by atoms with E-state index in [0.29, 0.717) is 67.9 Å². The predicted molar refractivity (Wildman–Crippen MR) is 149 cm³/mol. The number of piperidine rings is 1. The molecule has 210 valence electrons. The SMILES string of the molecule is COc1ccc(C(=O)NC2CCCN(c3cnc(C(N)=O)c(Nc4ccc(N5CCOCC5)c(F)c4)n3)C2)cc1. The van der Waals surface area contributed by atoms with E-state index in [1.54, 1.807) is 43.5 Å². The zero-order chi connectivity index (χ0) is 28.1. The van der Waals surface area contributed by atoms with Gasteiger partial charge in [-0.1, -0.05) is 0 Å². The molecular weight excluding hydrogens is 517 g/mol. The third-order valence-electron chi connectivity index (χ3n) is 6.99. The number of rotatable bonds is 8. The molecule has 2 aliphatic heterocycles. The first-order valence-electron chi connectivity index (χ1n) is 13.2. The van der Waals surface area contributed by atoms with Crippen LogP contribution in [-0.4, -0.2) is 74.3 Å². The summed E-state index contributed by atoms with van der Waals surface area (Å²) >= 11 is 0. The van der Waals surface area contributed by atoms with E-state index in [-0.39, 0.29) is 23.5 Å². The van der Waals surface area contributed by atoms with Crippen LogP contribution in [0.25, 0.3) is 0 Å². The normalized spacial score (nSPS) is 17.3. The number of anilines is 4. The van der Waals surface area contributed by atoms with Gasteiger partial charge in [0, 0.05) is 43.5 Å². The van der Waals surface area contributed by atoms with Crippen molar-refractivity contribution >= 4 is 34.8 Å². The van der Waals surface area contributed by atoms with Crippen molar-refractivity contribution in [2.45, 2.75) is 18.9 Å². The highest BCUT2D eigenvalue weighted by molar-refractivity contribution is 5.96. The average Bonchev–Trinajstić information content (AvgIpc) is 2.97. The van der Waals surface area contributed by atoms with Crippen LogP contribution >= 0.6 is 0 Å². The molecule has 1 unspecified atom stereocenters. The third kappa shape index (κ3) is 6.23. The summed E-state index contributed by atoms with van der Waals surface area (Å²) in [4.78, 5) is 37.7. The fourth-order valence-corrected chi connectivity index (χ4v) is 4.90. The van der Waals surface area contributed by atoms with Gasteiger partial charge in [-0.3, -0.25) is 9.59 Å². The second-order valence-electron chi connectivity index (χ2n) is 9.67. The van der Waals surface area contributed by atoms with E-state index in [1.807, 2.05) is 9.80 Å². The molecule has 0 bridgehead atoms. The fourth-order valence-electron chi connectivity index (χ4n) is 4.90. The second-order valence-corrected chi connectivity index (χ2v) is 9.67. The van der Waals surface area contributed by atoms with Crippen LogP contribution in [-0.2, 0) is 4.74 Å². The number of amides is 2. The number of carbonyl (C=O) groups is 2. The second kappa shape index (κ2) is 12.2. The summed E-state index contributed by atoms with van der Waals surface area (Å²) in [6.45, 7) is 3.52. The lowest BCUT2D eigenvalue weighted by atomic mass is 10.0. The van der Waals surface area contributed by atoms with Crippen molar-refractivity contribution in [1.29, 1.82) is 0 Å². The Kier molecular flexibility index (Phi) is 8.25. The number of primary amides is 1. The van der Waals surface area contributed by atoms with Crippen LogP contribution < -0.4 is 30.9 Å². The first kappa shape index (κ1) is 27.1. The number of nitrogens with one attached hydrogen (secondary N) is 2. The molecule has 3 aromatic rings. The van der Waals surface area contributed by atoms with Gasteiger partial charge in [0.2, 0.25) is 0 Å². The molecule has 12 heteroatoms. The van der Waals surface area contributed by atoms with Crippen LogP contribution in [0.15, 0.2) is 48.7 Å². The van der Waals surface area contributed by atoms with Crippen molar-refractivity contribution in [3.05, 3.63) is 65.7 Å². The Morgan fingerprint density at radius 1 is 1.10 bits per heavy atom. The van der Waals surface area contributed by atoms with E-state index in [4.69, 9.17) is 15.2 Å². The Morgan fingerprint density at radius 3 is 2.58 bits per heavy atom. The minimum Gasteiger partial charge on any atom is -0.497 e. The predicted octanol–water partition coefficient (Wildman–Crippen LogP) is 2.70. The lowest BCUT2D eigenvalue weighted by Gasteiger charge is -2.34. The number of aromatic nitrogens is 2. The molecule has 0 aliphatic carbocycles. The smallest absolute Gasteiger partial charge is 0.271 e. The Labute approximate surface area is 231 Å². The van der Waals surface area contributed by atoms with E-state index in [0.717, 1.165) is 12.8 Å². The molecular formula is C28H32FN7O4. The number of hydrogen-bond acceptors (Lipinski definition) is 9. The summed E-state index contributed by atoms with van der Waals surface area (Å²) in [5.74, 6) is 0.000657.